The highest BCUT2D eigenvalue weighted by Crippen LogP contribution is 2.29. The van der Waals surface area contributed by atoms with Crippen LogP contribution in [-0.4, -0.2) is 15.7 Å². The number of rotatable bonds is 6. The SMILES string of the molecule is C[C@H](NC(=O)/C(C#N)=C\c1cn(-c2ccccc2)nc1-c1cccs1)c1ccccc1. The molecule has 6 heteroatoms. The van der Waals surface area contributed by atoms with Crippen LogP contribution in [0.15, 0.2) is 89.9 Å². The molecule has 1 amide bonds. The van der Waals surface area contributed by atoms with Crippen molar-refractivity contribution in [3.05, 3.63) is 101 Å². The first-order valence-electron chi connectivity index (χ1n) is 9.82. The van der Waals surface area contributed by atoms with Gasteiger partial charge in [0, 0.05) is 11.8 Å². The molecule has 1 atom stereocenters. The fourth-order valence-corrected chi connectivity index (χ4v) is 3.95. The predicted molar refractivity (Wildman–Crippen MR) is 123 cm³/mol. The van der Waals surface area contributed by atoms with Crippen molar-refractivity contribution in [1.29, 1.82) is 5.26 Å². The summed E-state index contributed by atoms with van der Waals surface area (Å²) in [5.74, 6) is -0.413. The van der Waals surface area contributed by atoms with Gasteiger partial charge >= 0.3 is 0 Å². The molecule has 0 fully saturated rings. The first kappa shape index (κ1) is 20.3. The topological polar surface area (TPSA) is 70.7 Å². The number of hydrogen-bond donors (Lipinski definition) is 1. The Labute approximate surface area is 184 Å². The lowest BCUT2D eigenvalue weighted by molar-refractivity contribution is -0.117. The highest BCUT2D eigenvalue weighted by Gasteiger charge is 2.17. The second kappa shape index (κ2) is 9.24. The van der Waals surface area contributed by atoms with E-state index < -0.39 is 5.91 Å². The van der Waals surface area contributed by atoms with E-state index in [1.54, 1.807) is 22.1 Å². The van der Waals surface area contributed by atoms with Crippen LogP contribution in [0, 0.1) is 11.3 Å². The fourth-order valence-electron chi connectivity index (χ4n) is 3.21. The minimum Gasteiger partial charge on any atom is -0.345 e. The largest absolute Gasteiger partial charge is 0.345 e. The van der Waals surface area contributed by atoms with Gasteiger partial charge in [-0.25, -0.2) is 4.68 Å². The Morgan fingerprint density at radius 1 is 1.10 bits per heavy atom. The van der Waals surface area contributed by atoms with Crippen LogP contribution < -0.4 is 5.32 Å². The summed E-state index contributed by atoms with van der Waals surface area (Å²) in [5, 5.41) is 19.3. The van der Waals surface area contributed by atoms with E-state index in [1.807, 2.05) is 97.4 Å². The van der Waals surface area contributed by atoms with Crippen LogP contribution in [0.2, 0.25) is 0 Å². The van der Waals surface area contributed by atoms with Crippen LogP contribution in [0.25, 0.3) is 22.3 Å². The molecule has 0 aliphatic carbocycles. The predicted octanol–water partition coefficient (Wildman–Crippen LogP) is 5.39. The number of benzene rings is 2. The van der Waals surface area contributed by atoms with Crippen molar-refractivity contribution in [2.24, 2.45) is 0 Å². The highest BCUT2D eigenvalue weighted by molar-refractivity contribution is 7.13. The van der Waals surface area contributed by atoms with Crippen LogP contribution >= 0.6 is 11.3 Å². The maximum Gasteiger partial charge on any atom is 0.262 e. The van der Waals surface area contributed by atoms with E-state index in [2.05, 4.69) is 5.32 Å². The summed E-state index contributed by atoms with van der Waals surface area (Å²) in [5.41, 5.74) is 3.36. The van der Waals surface area contributed by atoms with E-state index in [0.29, 0.717) is 5.56 Å². The molecule has 0 radical (unpaired) electrons. The lowest BCUT2D eigenvalue weighted by atomic mass is 10.1. The molecule has 4 aromatic rings. The van der Waals surface area contributed by atoms with Gasteiger partial charge in [-0.3, -0.25) is 4.79 Å². The van der Waals surface area contributed by atoms with Gasteiger partial charge in [-0.15, -0.1) is 11.3 Å². The average molecular weight is 425 g/mol. The molecule has 5 nitrogen and oxygen atoms in total. The second-order valence-electron chi connectivity index (χ2n) is 6.97. The van der Waals surface area contributed by atoms with Crippen molar-refractivity contribution in [3.63, 3.8) is 0 Å². The number of aromatic nitrogens is 2. The molecule has 0 unspecified atom stereocenters. The molecule has 0 saturated heterocycles. The van der Waals surface area contributed by atoms with Crippen LogP contribution in [-0.2, 0) is 4.79 Å². The summed E-state index contributed by atoms with van der Waals surface area (Å²) >= 11 is 1.56. The van der Waals surface area contributed by atoms with Crippen molar-refractivity contribution in [2.75, 3.05) is 0 Å². The van der Waals surface area contributed by atoms with Crippen LogP contribution in [0.5, 0.6) is 0 Å². The van der Waals surface area contributed by atoms with Gasteiger partial charge in [0.25, 0.3) is 5.91 Å². The summed E-state index contributed by atoms with van der Waals surface area (Å²) in [6.07, 6.45) is 3.45. The van der Waals surface area contributed by atoms with E-state index in [9.17, 15) is 10.1 Å². The summed E-state index contributed by atoms with van der Waals surface area (Å²) in [7, 11) is 0. The molecule has 4 rings (SSSR count). The number of nitrogens with zero attached hydrogens (tertiary/aromatic N) is 3. The lowest BCUT2D eigenvalue weighted by Gasteiger charge is -2.13. The molecule has 2 aromatic heterocycles. The van der Waals surface area contributed by atoms with E-state index >= 15 is 0 Å². The van der Waals surface area contributed by atoms with E-state index in [4.69, 9.17) is 5.10 Å². The second-order valence-corrected chi connectivity index (χ2v) is 7.91. The number of thiophene rings is 1. The number of para-hydroxylation sites is 1. The van der Waals surface area contributed by atoms with Crippen molar-refractivity contribution >= 4 is 23.3 Å². The van der Waals surface area contributed by atoms with Gasteiger partial charge in [0.2, 0.25) is 0 Å². The number of amides is 1. The Morgan fingerprint density at radius 2 is 1.81 bits per heavy atom. The average Bonchev–Trinajstić information content (AvgIpc) is 3.48. The normalized spacial score (nSPS) is 12.2. The summed E-state index contributed by atoms with van der Waals surface area (Å²) < 4.78 is 1.76. The molecule has 2 heterocycles. The maximum atomic E-state index is 12.8. The Hall–Kier alpha value is -3.95. The van der Waals surface area contributed by atoms with E-state index in [1.165, 1.54) is 0 Å². The standard InChI is InChI=1S/C25H20N4OS/c1-18(19-9-4-2-5-10-19)27-25(30)20(16-26)15-21-17-29(22-11-6-3-7-12-22)28-24(21)23-13-8-14-31-23/h2-15,17-18H,1H3,(H,27,30)/b20-15-/t18-/m0/s1. The lowest BCUT2D eigenvalue weighted by Crippen LogP contribution is -2.27. The zero-order valence-electron chi connectivity index (χ0n) is 16.9. The summed E-state index contributed by atoms with van der Waals surface area (Å²) in [4.78, 5) is 13.8. The molecule has 0 saturated carbocycles. The molecule has 152 valence electrons. The smallest absolute Gasteiger partial charge is 0.262 e. The first-order chi connectivity index (χ1) is 15.2. The Balaban J connectivity index is 1.67. The Bertz CT molecular complexity index is 1240. The van der Waals surface area contributed by atoms with Crippen molar-refractivity contribution in [1.82, 2.24) is 15.1 Å². The quantitative estimate of drug-likeness (QED) is 0.333. The molecule has 0 aliphatic rings. The maximum absolute atomic E-state index is 12.8. The van der Waals surface area contributed by atoms with E-state index in [0.717, 1.165) is 21.8 Å². The third-order valence-electron chi connectivity index (χ3n) is 4.83. The zero-order valence-corrected chi connectivity index (χ0v) is 17.7. The minimum absolute atomic E-state index is 0.0354. The molecule has 31 heavy (non-hydrogen) atoms. The first-order valence-corrected chi connectivity index (χ1v) is 10.7. The summed E-state index contributed by atoms with van der Waals surface area (Å²) in [6.45, 7) is 1.90. The molecular formula is C25H20N4OS. The van der Waals surface area contributed by atoms with Gasteiger partial charge < -0.3 is 5.32 Å². The van der Waals surface area contributed by atoms with E-state index in [-0.39, 0.29) is 11.6 Å². The number of carbonyl (C=O) groups is 1. The molecular weight excluding hydrogens is 404 g/mol. The number of carbonyl (C=O) groups excluding carboxylic acids is 1. The van der Waals surface area contributed by atoms with Gasteiger partial charge in [0.15, 0.2) is 0 Å². The molecule has 0 spiro atoms. The van der Waals surface area contributed by atoms with Gasteiger partial charge in [-0.2, -0.15) is 10.4 Å². The van der Waals surface area contributed by atoms with Gasteiger partial charge in [-0.05, 0) is 42.1 Å². The fraction of sp³-hybridized carbons (Fsp3) is 0.0800. The van der Waals surface area contributed by atoms with Crippen molar-refractivity contribution in [2.45, 2.75) is 13.0 Å². The number of nitrogens with one attached hydrogen (secondary N) is 1. The molecule has 0 bridgehead atoms. The third-order valence-corrected chi connectivity index (χ3v) is 5.71. The van der Waals surface area contributed by atoms with Crippen molar-refractivity contribution in [3.8, 4) is 22.3 Å². The molecule has 2 aromatic carbocycles. The minimum atomic E-state index is -0.413. The zero-order chi connectivity index (χ0) is 21.6. The van der Waals surface area contributed by atoms with Crippen LogP contribution in [0.3, 0.4) is 0 Å². The summed E-state index contributed by atoms with van der Waals surface area (Å²) in [6, 6.07) is 25.2. The van der Waals surface area contributed by atoms with Gasteiger partial charge in [0.1, 0.15) is 17.3 Å². The highest BCUT2D eigenvalue weighted by atomic mass is 32.1. The van der Waals surface area contributed by atoms with Gasteiger partial charge in [-0.1, -0.05) is 54.6 Å². The van der Waals surface area contributed by atoms with Crippen molar-refractivity contribution < 1.29 is 4.79 Å². The van der Waals surface area contributed by atoms with Gasteiger partial charge in [0.05, 0.1) is 16.6 Å². The molecule has 0 aliphatic heterocycles. The Kier molecular flexibility index (Phi) is 6.06. The van der Waals surface area contributed by atoms with Crippen LogP contribution in [0.4, 0.5) is 0 Å². The third kappa shape index (κ3) is 4.63. The van der Waals surface area contributed by atoms with Crippen LogP contribution in [0.1, 0.15) is 24.1 Å². The molecule has 1 N–H and O–H groups in total. The number of hydrogen-bond acceptors (Lipinski definition) is 4. The monoisotopic (exact) mass is 424 g/mol. The Morgan fingerprint density at radius 3 is 2.45 bits per heavy atom. The number of nitriles is 1.